The molecule has 0 atom stereocenters. The molecule has 10 nitrogen and oxygen atoms in total. The molecule has 2 amide bonds. The largest absolute Gasteiger partial charge is 0.493 e. The topological polar surface area (TPSA) is 120 Å². The lowest BCUT2D eigenvalue weighted by molar-refractivity contribution is -0.145. The first-order valence-corrected chi connectivity index (χ1v) is 9.90. The zero-order valence-corrected chi connectivity index (χ0v) is 18.2. The van der Waals surface area contributed by atoms with E-state index in [1.165, 1.54) is 44.6 Å². The molecule has 0 unspecified atom stereocenters. The number of methoxy groups -OCH3 is 2. The minimum atomic E-state index is -0.585. The molecule has 1 heterocycles. The van der Waals surface area contributed by atoms with E-state index in [4.69, 9.17) is 14.2 Å². The quantitative estimate of drug-likeness (QED) is 0.365. The molecule has 0 aliphatic carbocycles. The third-order valence-corrected chi connectivity index (χ3v) is 4.59. The maximum atomic E-state index is 12.8. The van der Waals surface area contributed by atoms with Crippen molar-refractivity contribution in [2.75, 3.05) is 32.4 Å². The van der Waals surface area contributed by atoms with Crippen molar-refractivity contribution in [2.45, 2.75) is 6.92 Å². The van der Waals surface area contributed by atoms with E-state index in [-0.39, 0.29) is 18.8 Å². The number of benzene rings is 2. The first-order valence-electron chi connectivity index (χ1n) is 9.90. The number of anilines is 1. The number of nitrogens with zero attached hydrogens (tertiary/aromatic N) is 1. The Labute approximate surface area is 189 Å². The minimum Gasteiger partial charge on any atom is -0.493 e. The molecule has 0 saturated carbocycles. The number of hydrazine groups is 1. The van der Waals surface area contributed by atoms with Gasteiger partial charge in [-0.05, 0) is 55.0 Å². The Balaban J connectivity index is 1.78. The molecule has 0 aromatic heterocycles. The van der Waals surface area contributed by atoms with Crippen LogP contribution in [0.15, 0.2) is 48.0 Å². The summed E-state index contributed by atoms with van der Waals surface area (Å²) in [5.41, 5.74) is 3.60. The van der Waals surface area contributed by atoms with Crippen molar-refractivity contribution in [1.82, 2.24) is 5.43 Å². The van der Waals surface area contributed by atoms with Gasteiger partial charge in [0, 0.05) is 0 Å². The summed E-state index contributed by atoms with van der Waals surface area (Å²) in [6.45, 7) is 1.66. The number of nitrogens with one attached hydrogen (secondary N) is 1. The fourth-order valence-electron chi connectivity index (χ4n) is 3.00. The monoisotopic (exact) mass is 454 g/mol. The van der Waals surface area contributed by atoms with Gasteiger partial charge < -0.3 is 18.9 Å². The highest BCUT2D eigenvalue weighted by Gasteiger charge is 2.34. The molecule has 2 aromatic rings. The predicted octanol–water partition coefficient (Wildman–Crippen LogP) is 1.89. The SMILES string of the molecule is CCOC(=O)COc1ccc(/C=C2/C(=O)NN(c3ccc(C(=O)OC)cc3)C2=O)cc1OC. The van der Waals surface area contributed by atoms with Gasteiger partial charge >= 0.3 is 11.9 Å². The van der Waals surface area contributed by atoms with Crippen LogP contribution < -0.4 is 19.9 Å². The number of rotatable bonds is 8. The molecular weight excluding hydrogens is 432 g/mol. The average molecular weight is 454 g/mol. The Kier molecular flexibility index (Phi) is 7.29. The van der Waals surface area contributed by atoms with E-state index in [2.05, 4.69) is 10.2 Å². The smallest absolute Gasteiger partial charge is 0.344 e. The molecule has 0 bridgehead atoms. The Hall–Kier alpha value is -4.34. The first-order chi connectivity index (χ1) is 15.9. The third kappa shape index (κ3) is 5.29. The van der Waals surface area contributed by atoms with Crippen LogP contribution in [0.3, 0.4) is 0 Å². The van der Waals surface area contributed by atoms with Gasteiger partial charge in [-0.15, -0.1) is 0 Å². The molecule has 0 spiro atoms. The van der Waals surface area contributed by atoms with Crippen molar-refractivity contribution >= 4 is 35.5 Å². The van der Waals surface area contributed by atoms with Gasteiger partial charge in [0.1, 0.15) is 5.57 Å². The van der Waals surface area contributed by atoms with Crippen LogP contribution in [0.1, 0.15) is 22.8 Å². The van der Waals surface area contributed by atoms with Crippen molar-refractivity contribution in [3.8, 4) is 11.5 Å². The third-order valence-electron chi connectivity index (χ3n) is 4.59. The summed E-state index contributed by atoms with van der Waals surface area (Å²) in [6.07, 6.45) is 1.41. The molecule has 1 saturated heterocycles. The van der Waals surface area contributed by atoms with E-state index in [1.807, 2.05) is 0 Å². The van der Waals surface area contributed by atoms with Gasteiger partial charge in [-0.3, -0.25) is 15.0 Å². The molecular formula is C23H22N2O8. The van der Waals surface area contributed by atoms with Crippen molar-refractivity contribution in [2.24, 2.45) is 0 Å². The van der Waals surface area contributed by atoms with Crippen LogP contribution in [-0.2, 0) is 23.9 Å². The summed E-state index contributed by atoms with van der Waals surface area (Å²) in [7, 11) is 2.70. The van der Waals surface area contributed by atoms with Crippen LogP contribution in [0.2, 0.25) is 0 Å². The zero-order valence-electron chi connectivity index (χ0n) is 18.2. The predicted molar refractivity (Wildman–Crippen MR) is 117 cm³/mol. The zero-order chi connectivity index (χ0) is 24.0. The second-order valence-electron chi connectivity index (χ2n) is 6.68. The van der Waals surface area contributed by atoms with Gasteiger partial charge in [-0.25, -0.2) is 14.6 Å². The summed E-state index contributed by atoms with van der Waals surface area (Å²) in [5, 5.41) is 1.09. The highest BCUT2D eigenvalue weighted by Crippen LogP contribution is 2.30. The number of amides is 2. The number of carbonyl (C=O) groups is 4. The molecule has 1 N–H and O–H groups in total. The first kappa shape index (κ1) is 23.3. The van der Waals surface area contributed by atoms with Crippen molar-refractivity contribution < 1.29 is 38.1 Å². The normalized spacial score (nSPS) is 14.2. The van der Waals surface area contributed by atoms with Gasteiger partial charge in [-0.2, -0.15) is 0 Å². The van der Waals surface area contributed by atoms with Gasteiger partial charge in [-0.1, -0.05) is 6.07 Å². The van der Waals surface area contributed by atoms with E-state index >= 15 is 0 Å². The van der Waals surface area contributed by atoms with E-state index in [0.29, 0.717) is 28.3 Å². The highest BCUT2D eigenvalue weighted by atomic mass is 16.6. The fourth-order valence-corrected chi connectivity index (χ4v) is 3.00. The Morgan fingerprint density at radius 1 is 1.03 bits per heavy atom. The van der Waals surface area contributed by atoms with E-state index in [0.717, 1.165) is 5.01 Å². The summed E-state index contributed by atoms with van der Waals surface area (Å²) >= 11 is 0. The van der Waals surface area contributed by atoms with Crippen molar-refractivity contribution in [1.29, 1.82) is 0 Å². The fraction of sp³-hybridized carbons (Fsp3) is 0.217. The molecule has 1 fully saturated rings. The van der Waals surface area contributed by atoms with Crippen LogP contribution >= 0.6 is 0 Å². The summed E-state index contributed by atoms with van der Waals surface area (Å²) < 4.78 is 20.2. The second-order valence-corrected chi connectivity index (χ2v) is 6.68. The van der Waals surface area contributed by atoms with Crippen LogP contribution in [0.25, 0.3) is 6.08 Å². The summed E-state index contributed by atoms with van der Waals surface area (Å²) in [5.74, 6) is -1.55. The van der Waals surface area contributed by atoms with Crippen LogP contribution in [0, 0.1) is 0 Å². The molecule has 33 heavy (non-hydrogen) atoms. The summed E-state index contributed by atoms with van der Waals surface area (Å²) in [4.78, 5) is 48.3. The summed E-state index contributed by atoms with van der Waals surface area (Å²) in [6, 6.07) is 10.8. The molecule has 172 valence electrons. The highest BCUT2D eigenvalue weighted by molar-refractivity contribution is 6.31. The van der Waals surface area contributed by atoms with Gasteiger partial charge in [0.2, 0.25) is 0 Å². The molecule has 10 heteroatoms. The number of carbonyl (C=O) groups excluding carboxylic acids is 4. The number of ether oxygens (including phenoxy) is 4. The number of hydrogen-bond acceptors (Lipinski definition) is 8. The van der Waals surface area contributed by atoms with E-state index in [9.17, 15) is 19.2 Å². The average Bonchev–Trinajstić information content (AvgIpc) is 3.11. The molecule has 2 aromatic carbocycles. The Bertz CT molecular complexity index is 1110. The molecule has 0 radical (unpaired) electrons. The van der Waals surface area contributed by atoms with Crippen molar-refractivity contribution in [3.63, 3.8) is 0 Å². The number of esters is 2. The van der Waals surface area contributed by atoms with Gasteiger partial charge in [0.15, 0.2) is 18.1 Å². The molecule has 1 aliphatic heterocycles. The number of hydrogen-bond donors (Lipinski definition) is 1. The molecule has 3 rings (SSSR count). The van der Waals surface area contributed by atoms with Crippen LogP contribution in [0.4, 0.5) is 5.69 Å². The van der Waals surface area contributed by atoms with Crippen LogP contribution in [0.5, 0.6) is 11.5 Å². The van der Waals surface area contributed by atoms with Crippen molar-refractivity contribution in [3.05, 3.63) is 59.2 Å². The molecule has 1 aliphatic rings. The second kappa shape index (κ2) is 10.3. The van der Waals surface area contributed by atoms with Gasteiger partial charge in [0.05, 0.1) is 32.1 Å². The minimum absolute atomic E-state index is 0.0886. The lowest BCUT2D eigenvalue weighted by atomic mass is 10.1. The van der Waals surface area contributed by atoms with E-state index < -0.39 is 23.8 Å². The standard InChI is InChI=1S/C23H22N2O8/c1-4-32-20(26)13-33-18-10-5-14(12-19(18)30-2)11-17-21(27)24-25(22(17)28)16-8-6-15(7-9-16)23(29)31-3/h5-12H,4,13H2,1-3H3,(H,24,27)/b17-11-. The van der Waals surface area contributed by atoms with E-state index in [1.54, 1.807) is 25.1 Å². The maximum absolute atomic E-state index is 12.8. The van der Waals surface area contributed by atoms with Crippen LogP contribution in [-0.4, -0.2) is 51.2 Å². The lowest BCUT2D eigenvalue weighted by Crippen LogP contribution is -2.35. The lowest BCUT2D eigenvalue weighted by Gasteiger charge is -2.14. The Morgan fingerprint density at radius 2 is 1.76 bits per heavy atom. The van der Waals surface area contributed by atoms with Gasteiger partial charge in [0.25, 0.3) is 11.8 Å². The maximum Gasteiger partial charge on any atom is 0.344 e. The Morgan fingerprint density at radius 3 is 2.39 bits per heavy atom.